The Hall–Kier alpha value is -0.710. The van der Waals surface area contributed by atoms with E-state index in [9.17, 15) is 13.2 Å². The van der Waals surface area contributed by atoms with Gasteiger partial charge in [-0.05, 0) is 35.4 Å². The van der Waals surface area contributed by atoms with Gasteiger partial charge in [0.1, 0.15) is 0 Å². The van der Waals surface area contributed by atoms with Crippen molar-refractivity contribution < 1.29 is 13.2 Å². The van der Waals surface area contributed by atoms with Gasteiger partial charge in [-0.15, -0.1) is 11.6 Å². The highest BCUT2D eigenvalue weighted by Crippen LogP contribution is 2.40. The summed E-state index contributed by atoms with van der Waals surface area (Å²) in [6.45, 7) is 0. The van der Waals surface area contributed by atoms with Crippen LogP contribution in [0.15, 0.2) is 46.9 Å². The van der Waals surface area contributed by atoms with Gasteiger partial charge in [0.05, 0.1) is 10.9 Å². The smallest absolute Gasteiger partial charge is 0.166 e. The van der Waals surface area contributed by atoms with Crippen molar-refractivity contribution in [3.8, 4) is 0 Å². The van der Waals surface area contributed by atoms with Crippen LogP contribution in [0.2, 0.25) is 5.02 Å². The number of halogens is 6. The highest BCUT2D eigenvalue weighted by Gasteiger charge is 2.35. The summed E-state index contributed by atoms with van der Waals surface area (Å²) < 4.78 is 39.6. The van der Waals surface area contributed by atoms with Gasteiger partial charge in [-0.2, -0.15) is 13.2 Å². The molecule has 0 bridgehead atoms. The van der Waals surface area contributed by atoms with E-state index >= 15 is 0 Å². The quantitative estimate of drug-likeness (QED) is 0.522. The predicted octanol–water partition coefficient (Wildman–Crippen LogP) is 6.45. The lowest BCUT2D eigenvalue weighted by molar-refractivity contribution is -0.138. The number of rotatable bonds is 2. The standard InChI is InChI=1S/C14H8BrCl2F3/c15-9-3-6-11(12(7-9)14(18,19)20)13(17)8-1-4-10(16)5-2-8/h1-7,13H. The van der Waals surface area contributed by atoms with Gasteiger partial charge in [0.25, 0.3) is 0 Å². The van der Waals surface area contributed by atoms with Crippen molar-refractivity contribution in [3.05, 3.63) is 68.7 Å². The summed E-state index contributed by atoms with van der Waals surface area (Å²) >= 11 is 15.0. The summed E-state index contributed by atoms with van der Waals surface area (Å²) in [6.07, 6.45) is -4.46. The molecule has 0 heterocycles. The van der Waals surface area contributed by atoms with Crippen LogP contribution in [0, 0.1) is 0 Å². The second-order valence-corrected chi connectivity index (χ2v) is 5.93. The third-order valence-electron chi connectivity index (χ3n) is 2.76. The molecule has 0 aliphatic carbocycles. The van der Waals surface area contributed by atoms with Crippen LogP contribution in [-0.2, 0) is 6.18 Å². The molecule has 0 spiro atoms. The lowest BCUT2D eigenvalue weighted by atomic mass is 9.99. The van der Waals surface area contributed by atoms with Crippen LogP contribution in [0.4, 0.5) is 13.2 Å². The minimum atomic E-state index is -4.46. The lowest BCUT2D eigenvalue weighted by Gasteiger charge is -2.17. The zero-order valence-electron chi connectivity index (χ0n) is 9.89. The zero-order chi connectivity index (χ0) is 14.9. The van der Waals surface area contributed by atoms with Gasteiger partial charge in [0.2, 0.25) is 0 Å². The average Bonchev–Trinajstić information content (AvgIpc) is 2.38. The second-order valence-electron chi connectivity index (χ2n) is 4.14. The van der Waals surface area contributed by atoms with Gasteiger partial charge in [-0.3, -0.25) is 0 Å². The lowest BCUT2D eigenvalue weighted by Crippen LogP contribution is -2.10. The number of hydrogen-bond donors (Lipinski definition) is 0. The Labute approximate surface area is 132 Å². The fourth-order valence-electron chi connectivity index (χ4n) is 1.81. The van der Waals surface area contributed by atoms with E-state index in [1.807, 2.05) is 0 Å². The minimum absolute atomic E-state index is 0.0182. The van der Waals surface area contributed by atoms with E-state index in [0.717, 1.165) is 6.07 Å². The maximum atomic E-state index is 13.1. The molecule has 0 aliphatic heterocycles. The molecule has 106 valence electrons. The molecular formula is C14H8BrCl2F3. The molecule has 1 unspecified atom stereocenters. The highest BCUT2D eigenvalue weighted by molar-refractivity contribution is 9.10. The molecule has 1 atom stereocenters. The van der Waals surface area contributed by atoms with E-state index in [1.165, 1.54) is 12.1 Å². The molecule has 2 aromatic rings. The molecule has 0 aliphatic rings. The second kappa shape index (κ2) is 5.96. The molecule has 0 amide bonds. The molecule has 2 aromatic carbocycles. The molecule has 0 nitrogen and oxygen atoms in total. The third-order valence-corrected chi connectivity index (χ3v) is 3.99. The largest absolute Gasteiger partial charge is 0.416 e. The first kappa shape index (κ1) is 15.7. The fourth-order valence-corrected chi connectivity index (χ4v) is 2.63. The van der Waals surface area contributed by atoms with Crippen LogP contribution in [-0.4, -0.2) is 0 Å². The Kier molecular flexibility index (Phi) is 4.67. The Balaban J connectivity index is 2.49. The van der Waals surface area contributed by atoms with Gasteiger partial charge in [0, 0.05) is 9.50 Å². The summed E-state index contributed by atoms with van der Waals surface area (Å²) in [6, 6.07) is 10.4. The van der Waals surface area contributed by atoms with E-state index in [0.29, 0.717) is 15.1 Å². The Morgan fingerprint density at radius 3 is 2.15 bits per heavy atom. The summed E-state index contributed by atoms with van der Waals surface area (Å²) in [5.41, 5.74) is -0.171. The molecule has 6 heteroatoms. The van der Waals surface area contributed by atoms with Gasteiger partial charge < -0.3 is 0 Å². The monoisotopic (exact) mass is 382 g/mol. The predicted molar refractivity (Wildman–Crippen MR) is 78.3 cm³/mol. The maximum Gasteiger partial charge on any atom is 0.416 e. The SMILES string of the molecule is FC(F)(F)c1cc(Br)ccc1C(Cl)c1ccc(Cl)cc1. The van der Waals surface area contributed by atoms with E-state index in [2.05, 4.69) is 15.9 Å². The van der Waals surface area contributed by atoms with Crippen LogP contribution in [0.5, 0.6) is 0 Å². The van der Waals surface area contributed by atoms with Gasteiger partial charge in [-0.25, -0.2) is 0 Å². The van der Waals surface area contributed by atoms with Crippen molar-refractivity contribution in [2.75, 3.05) is 0 Å². The maximum absolute atomic E-state index is 13.1. The first-order valence-electron chi connectivity index (χ1n) is 5.55. The molecule has 2 rings (SSSR count). The van der Waals surface area contributed by atoms with Crippen LogP contribution in [0.1, 0.15) is 22.1 Å². The van der Waals surface area contributed by atoms with Crippen LogP contribution < -0.4 is 0 Å². The third kappa shape index (κ3) is 3.48. The normalized spacial score (nSPS) is 13.3. The van der Waals surface area contributed by atoms with E-state index in [1.54, 1.807) is 24.3 Å². The number of alkyl halides is 4. The van der Waals surface area contributed by atoms with Crippen LogP contribution in [0.25, 0.3) is 0 Å². The van der Waals surface area contributed by atoms with Crippen molar-refractivity contribution >= 4 is 39.1 Å². The van der Waals surface area contributed by atoms with Gasteiger partial charge in [-0.1, -0.05) is 45.7 Å². The first-order valence-corrected chi connectivity index (χ1v) is 7.16. The zero-order valence-corrected chi connectivity index (χ0v) is 13.0. The highest BCUT2D eigenvalue weighted by atomic mass is 79.9. The van der Waals surface area contributed by atoms with E-state index in [-0.39, 0.29) is 5.56 Å². The molecule has 0 radical (unpaired) electrons. The molecular weight excluding hydrogens is 376 g/mol. The Morgan fingerprint density at radius 1 is 1.00 bits per heavy atom. The average molecular weight is 384 g/mol. The first-order chi connectivity index (χ1) is 9.29. The minimum Gasteiger partial charge on any atom is -0.166 e. The summed E-state index contributed by atoms with van der Waals surface area (Å²) in [7, 11) is 0. The fraction of sp³-hybridized carbons (Fsp3) is 0.143. The molecule has 0 saturated carbocycles. The number of hydrogen-bond acceptors (Lipinski definition) is 0. The van der Waals surface area contributed by atoms with Crippen molar-refractivity contribution in [1.29, 1.82) is 0 Å². The number of benzene rings is 2. The van der Waals surface area contributed by atoms with E-state index in [4.69, 9.17) is 23.2 Å². The van der Waals surface area contributed by atoms with Gasteiger partial charge >= 0.3 is 6.18 Å². The van der Waals surface area contributed by atoms with Crippen molar-refractivity contribution in [1.82, 2.24) is 0 Å². The molecule has 0 aromatic heterocycles. The van der Waals surface area contributed by atoms with Gasteiger partial charge in [0.15, 0.2) is 0 Å². The summed E-state index contributed by atoms with van der Waals surface area (Å²) in [4.78, 5) is 0. The molecule has 0 fully saturated rings. The Morgan fingerprint density at radius 2 is 1.60 bits per heavy atom. The molecule has 0 saturated heterocycles. The summed E-state index contributed by atoms with van der Waals surface area (Å²) in [5, 5.41) is -0.388. The van der Waals surface area contributed by atoms with Crippen LogP contribution >= 0.6 is 39.1 Å². The van der Waals surface area contributed by atoms with Crippen molar-refractivity contribution in [2.45, 2.75) is 11.6 Å². The van der Waals surface area contributed by atoms with Crippen molar-refractivity contribution in [3.63, 3.8) is 0 Å². The topological polar surface area (TPSA) is 0 Å². The Bertz CT molecular complexity index is 609. The van der Waals surface area contributed by atoms with Crippen LogP contribution in [0.3, 0.4) is 0 Å². The van der Waals surface area contributed by atoms with Crippen molar-refractivity contribution in [2.24, 2.45) is 0 Å². The van der Waals surface area contributed by atoms with E-state index < -0.39 is 17.1 Å². The molecule has 0 N–H and O–H groups in total. The summed E-state index contributed by atoms with van der Waals surface area (Å²) in [5.74, 6) is 0. The molecule has 20 heavy (non-hydrogen) atoms.